The van der Waals surface area contributed by atoms with E-state index >= 15 is 0 Å². The molecule has 5 nitrogen and oxygen atoms in total. The van der Waals surface area contributed by atoms with Crippen LogP contribution in [0.4, 0.5) is 5.69 Å². The molecule has 0 fully saturated rings. The largest absolute Gasteiger partial charge is 0.341 e. The first-order valence-corrected chi connectivity index (χ1v) is 8.55. The lowest BCUT2D eigenvalue weighted by atomic mass is 9.96. The van der Waals surface area contributed by atoms with Gasteiger partial charge in [0.15, 0.2) is 0 Å². The average molecular weight is 346 g/mol. The van der Waals surface area contributed by atoms with Gasteiger partial charge < -0.3 is 4.98 Å². The summed E-state index contributed by atoms with van der Waals surface area (Å²) in [5.41, 5.74) is 2.09. The van der Waals surface area contributed by atoms with Gasteiger partial charge in [-0.25, -0.2) is 13.4 Å². The van der Waals surface area contributed by atoms with Gasteiger partial charge in [-0.3, -0.25) is 4.72 Å². The molecule has 0 saturated carbocycles. The minimum atomic E-state index is -3.33. The van der Waals surface area contributed by atoms with Gasteiger partial charge in [0.25, 0.3) is 0 Å². The first-order valence-electron chi connectivity index (χ1n) is 5.78. The third-order valence-electron chi connectivity index (χ3n) is 2.61. The number of hydrogen-bond donors (Lipinski definition) is 2. The van der Waals surface area contributed by atoms with Crippen molar-refractivity contribution >= 4 is 42.7 Å². The zero-order valence-electron chi connectivity index (χ0n) is 11.0. The molecule has 2 N–H and O–H groups in total. The number of fused-ring (bicyclic) bond motifs is 1. The van der Waals surface area contributed by atoms with E-state index in [9.17, 15) is 8.42 Å². The zero-order chi connectivity index (χ0) is 14.3. The lowest BCUT2D eigenvalue weighted by Gasteiger charge is -2.13. The molecule has 2 aromatic rings. The minimum Gasteiger partial charge on any atom is -0.341 e. The molecule has 1 aromatic carbocycles. The molecule has 19 heavy (non-hydrogen) atoms. The van der Waals surface area contributed by atoms with E-state index in [1.807, 2.05) is 0 Å². The van der Waals surface area contributed by atoms with Crippen molar-refractivity contribution in [1.29, 1.82) is 0 Å². The molecular formula is C12H16BrN3O2S. The van der Waals surface area contributed by atoms with Gasteiger partial charge in [0.05, 0.1) is 16.7 Å². The standard InChI is InChI=1S/C12H16BrN3O2S/c1-12(2,3)11-14-9-5-4-8(6-10(9)15-11)16-19(17,18)7-13/h4-6,16H,7H2,1-3H3,(H,14,15). The lowest BCUT2D eigenvalue weighted by molar-refractivity contribution is 0.554. The van der Waals surface area contributed by atoms with E-state index in [1.54, 1.807) is 18.2 Å². The van der Waals surface area contributed by atoms with Crippen LogP contribution in [0.25, 0.3) is 11.0 Å². The number of nitrogens with one attached hydrogen (secondary N) is 2. The van der Waals surface area contributed by atoms with Crippen LogP contribution in [-0.2, 0) is 15.4 Å². The third-order valence-corrected chi connectivity index (χ3v) is 5.25. The summed E-state index contributed by atoms with van der Waals surface area (Å²) in [4.78, 5) is 7.72. The number of halogens is 1. The first kappa shape index (κ1) is 14.3. The van der Waals surface area contributed by atoms with Crippen molar-refractivity contribution in [3.05, 3.63) is 24.0 Å². The molecule has 0 unspecified atom stereocenters. The minimum absolute atomic E-state index is 0.0749. The Morgan fingerprint density at radius 2 is 2.05 bits per heavy atom. The van der Waals surface area contributed by atoms with Crippen molar-refractivity contribution in [2.45, 2.75) is 26.2 Å². The summed E-state index contributed by atoms with van der Waals surface area (Å²) in [6.07, 6.45) is 0. The van der Waals surface area contributed by atoms with Crippen LogP contribution in [0, 0.1) is 0 Å². The Bertz CT molecular complexity index is 701. The summed E-state index contributed by atoms with van der Waals surface area (Å²) in [5, 5.41) is 0. The summed E-state index contributed by atoms with van der Waals surface area (Å²) in [6, 6.07) is 5.25. The van der Waals surface area contributed by atoms with Crippen molar-refractivity contribution in [3.63, 3.8) is 0 Å². The Labute approximate surface area is 121 Å². The monoisotopic (exact) mass is 345 g/mol. The van der Waals surface area contributed by atoms with Crippen LogP contribution >= 0.6 is 15.9 Å². The molecular weight excluding hydrogens is 330 g/mol. The third kappa shape index (κ3) is 3.27. The summed E-state index contributed by atoms with van der Waals surface area (Å²) in [5.74, 6) is 0.878. The highest BCUT2D eigenvalue weighted by molar-refractivity contribution is 9.10. The smallest absolute Gasteiger partial charge is 0.242 e. The van der Waals surface area contributed by atoms with Crippen molar-refractivity contribution < 1.29 is 8.42 Å². The molecule has 0 bridgehead atoms. The highest BCUT2D eigenvalue weighted by Crippen LogP contribution is 2.24. The second-order valence-electron chi connectivity index (χ2n) is 5.39. The molecule has 2 rings (SSSR count). The quantitative estimate of drug-likeness (QED) is 0.839. The predicted molar refractivity (Wildman–Crippen MR) is 81.1 cm³/mol. The van der Waals surface area contributed by atoms with Crippen LogP contribution in [-0.4, -0.2) is 23.0 Å². The Morgan fingerprint density at radius 3 is 2.63 bits per heavy atom. The summed E-state index contributed by atoms with van der Waals surface area (Å²) in [7, 11) is -3.33. The number of H-pyrrole nitrogens is 1. The van der Waals surface area contributed by atoms with E-state index in [0.29, 0.717) is 5.69 Å². The van der Waals surface area contributed by atoms with E-state index in [4.69, 9.17) is 0 Å². The zero-order valence-corrected chi connectivity index (χ0v) is 13.4. The van der Waals surface area contributed by atoms with Crippen LogP contribution in [0.2, 0.25) is 0 Å². The maximum absolute atomic E-state index is 11.5. The normalized spacial score (nSPS) is 12.8. The van der Waals surface area contributed by atoms with E-state index in [2.05, 4.69) is 51.4 Å². The molecule has 0 atom stereocenters. The molecule has 1 aromatic heterocycles. The number of aromatic amines is 1. The summed E-state index contributed by atoms with van der Waals surface area (Å²) < 4.78 is 25.3. The van der Waals surface area contributed by atoms with Crippen molar-refractivity contribution in [2.75, 3.05) is 9.38 Å². The van der Waals surface area contributed by atoms with Crippen molar-refractivity contribution in [2.24, 2.45) is 0 Å². The molecule has 0 saturated heterocycles. The number of sulfonamides is 1. The van der Waals surface area contributed by atoms with Gasteiger partial charge in [-0.1, -0.05) is 36.7 Å². The van der Waals surface area contributed by atoms with E-state index in [0.717, 1.165) is 16.9 Å². The first-order chi connectivity index (χ1) is 8.71. The molecule has 0 aliphatic heterocycles. The average Bonchev–Trinajstić information content (AvgIpc) is 2.71. The van der Waals surface area contributed by atoms with Crippen LogP contribution in [0.5, 0.6) is 0 Å². The van der Waals surface area contributed by atoms with Crippen LogP contribution in [0.15, 0.2) is 18.2 Å². The number of anilines is 1. The van der Waals surface area contributed by atoms with E-state index in [-0.39, 0.29) is 10.1 Å². The number of benzene rings is 1. The van der Waals surface area contributed by atoms with Gasteiger partial charge in [-0.2, -0.15) is 0 Å². The van der Waals surface area contributed by atoms with Crippen LogP contribution in [0.3, 0.4) is 0 Å². The number of rotatable bonds is 3. The Morgan fingerprint density at radius 1 is 1.37 bits per heavy atom. The Balaban J connectivity index is 2.41. The molecule has 7 heteroatoms. The van der Waals surface area contributed by atoms with Gasteiger partial charge in [-0.15, -0.1) is 0 Å². The maximum atomic E-state index is 11.5. The van der Waals surface area contributed by atoms with Crippen molar-refractivity contribution in [1.82, 2.24) is 9.97 Å². The van der Waals surface area contributed by atoms with Gasteiger partial charge in [0, 0.05) is 5.41 Å². The van der Waals surface area contributed by atoms with E-state index in [1.165, 1.54) is 0 Å². The van der Waals surface area contributed by atoms with Gasteiger partial charge >= 0.3 is 0 Å². The second kappa shape index (κ2) is 4.79. The van der Waals surface area contributed by atoms with E-state index < -0.39 is 10.0 Å². The highest BCUT2D eigenvalue weighted by atomic mass is 79.9. The maximum Gasteiger partial charge on any atom is 0.242 e. The fraction of sp³-hybridized carbons (Fsp3) is 0.417. The Hall–Kier alpha value is -1.08. The highest BCUT2D eigenvalue weighted by Gasteiger charge is 2.18. The summed E-state index contributed by atoms with van der Waals surface area (Å²) in [6.45, 7) is 6.21. The van der Waals surface area contributed by atoms with Crippen LogP contribution < -0.4 is 4.72 Å². The molecule has 0 aliphatic rings. The van der Waals surface area contributed by atoms with Crippen molar-refractivity contribution in [3.8, 4) is 0 Å². The molecule has 0 spiro atoms. The fourth-order valence-corrected chi connectivity index (χ4v) is 2.52. The van der Waals surface area contributed by atoms with Gasteiger partial charge in [0.2, 0.25) is 10.0 Å². The van der Waals surface area contributed by atoms with Gasteiger partial charge in [0.1, 0.15) is 10.5 Å². The number of aromatic nitrogens is 2. The molecule has 0 radical (unpaired) electrons. The van der Waals surface area contributed by atoms with Crippen LogP contribution in [0.1, 0.15) is 26.6 Å². The topological polar surface area (TPSA) is 74.8 Å². The number of hydrogen-bond acceptors (Lipinski definition) is 3. The number of nitrogens with zero attached hydrogens (tertiary/aromatic N) is 1. The molecule has 1 heterocycles. The summed E-state index contributed by atoms with van der Waals surface area (Å²) >= 11 is 2.94. The number of imidazole rings is 1. The Kier molecular flexibility index (Phi) is 3.61. The lowest BCUT2D eigenvalue weighted by Crippen LogP contribution is -2.13. The SMILES string of the molecule is CC(C)(C)c1nc2ccc(NS(=O)(=O)CBr)cc2[nH]1. The second-order valence-corrected chi connectivity index (χ2v) is 8.42. The predicted octanol–water partition coefficient (Wildman–Crippen LogP) is 2.95. The molecule has 0 aliphatic carbocycles. The molecule has 104 valence electrons. The number of alkyl halides is 1. The van der Waals surface area contributed by atoms with Gasteiger partial charge in [-0.05, 0) is 18.2 Å². The fourth-order valence-electron chi connectivity index (χ4n) is 1.64. The molecule has 0 amide bonds.